The van der Waals surface area contributed by atoms with Crippen LogP contribution in [0.15, 0.2) is 122 Å². The van der Waals surface area contributed by atoms with Gasteiger partial charge in [0.25, 0.3) is 0 Å². The molecule has 7 atom stereocenters. The van der Waals surface area contributed by atoms with Crippen molar-refractivity contribution in [2.45, 2.75) is 314 Å². The van der Waals surface area contributed by atoms with Crippen LogP contribution in [0, 0.1) is 0 Å². The number of nitrogens with one attached hydrogen (secondary N) is 1. The number of hydrogen-bond donors (Lipinski definition) is 6. The van der Waals surface area contributed by atoms with Gasteiger partial charge in [-0.15, -0.1) is 0 Å². The number of ether oxygens (including phenoxy) is 2. The summed E-state index contributed by atoms with van der Waals surface area (Å²) in [7, 11) is 0. The summed E-state index contributed by atoms with van der Waals surface area (Å²) in [5, 5.41) is 54.7. The molecule has 0 saturated carbocycles. The molecular formula is C72H123NO8. The Morgan fingerprint density at radius 1 is 0.432 bits per heavy atom. The van der Waals surface area contributed by atoms with Crippen LogP contribution in [-0.2, 0) is 14.3 Å². The monoisotopic (exact) mass is 1130 g/mol. The van der Waals surface area contributed by atoms with Crippen molar-refractivity contribution < 1.29 is 39.8 Å². The molecule has 1 fully saturated rings. The van der Waals surface area contributed by atoms with E-state index < -0.39 is 49.5 Å². The van der Waals surface area contributed by atoms with Gasteiger partial charge in [0, 0.05) is 6.42 Å². The van der Waals surface area contributed by atoms with E-state index in [9.17, 15) is 30.3 Å². The maximum atomic E-state index is 13.1. The third-order valence-electron chi connectivity index (χ3n) is 15.0. The van der Waals surface area contributed by atoms with Crippen molar-refractivity contribution in [1.82, 2.24) is 5.32 Å². The molecular weight excluding hydrogens is 1010 g/mol. The Morgan fingerprint density at radius 2 is 0.765 bits per heavy atom. The number of hydrogen-bond acceptors (Lipinski definition) is 8. The fourth-order valence-electron chi connectivity index (χ4n) is 9.87. The first-order valence-corrected chi connectivity index (χ1v) is 33.3. The second-order valence-corrected chi connectivity index (χ2v) is 22.5. The number of rotatable bonds is 56. The standard InChI is InChI=1S/C72H123NO8/c1-3-5-7-9-11-13-15-17-19-21-23-25-27-29-31-33-35-37-39-41-43-45-47-49-51-53-55-57-59-61-66(75)65(64-80-72-71(79)70(78)69(77)67(63-74)81-72)73-68(76)62-60-58-56-54-52-50-48-46-44-42-40-38-36-34-32-30-28-26-24-22-20-18-16-14-12-10-8-6-4-2/h6,8,12,14,18,20,24,26,30,32,36,38,42,44,48,50,54,56,59,61,65-67,69-72,74-75,77-79H,3-5,7,9-11,13,15-17,19,21-23,25,27-29,31,33-35,37,39-41,43,45-47,49,51-53,55,57-58,60,62-64H2,1-2H3,(H,73,76)/b8-6-,14-12-,20-18-,26-24-,32-30-,38-36-,44-42-,50-48-,56-54-,61-59+. The highest BCUT2D eigenvalue weighted by Gasteiger charge is 2.44. The number of carbonyl (C=O) groups excluding carboxylic acids is 1. The van der Waals surface area contributed by atoms with Crippen LogP contribution in [0.1, 0.15) is 271 Å². The summed E-state index contributed by atoms with van der Waals surface area (Å²) in [6.07, 6.45) is 82.9. The van der Waals surface area contributed by atoms with E-state index in [1.807, 2.05) is 6.08 Å². The lowest BCUT2D eigenvalue weighted by Gasteiger charge is -2.40. The molecule has 0 radical (unpaired) electrons. The molecule has 9 heteroatoms. The average Bonchev–Trinajstić information content (AvgIpc) is 3.51. The van der Waals surface area contributed by atoms with Crippen LogP contribution in [-0.4, -0.2) is 87.5 Å². The predicted octanol–water partition coefficient (Wildman–Crippen LogP) is 17.9. The summed E-state index contributed by atoms with van der Waals surface area (Å²) in [4.78, 5) is 13.1. The number of unbranched alkanes of at least 4 members (excludes halogenated alkanes) is 28. The topological polar surface area (TPSA) is 149 Å². The second kappa shape index (κ2) is 59.7. The quantitative estimate of drug-likeness (QED) is 0.0261. The molecule has 6 N–H and O–H groups in total. The molecule has 1 rings (SSSR count). The van der Waals surface area contributed by atoms with Gasteiger partial charge >= 0.3 is 0 Å². The maximum Gasteiger partial charge on any atom is 0.220 e. The molecule has 464 valence electrons. The van der Waals surface area contributed by atoms with Gasteiger partial charge in [-0.3, -0.25) is 4.79 Å². The SMILES string of the molecule is CC/C=C\C/C=C\C/C=C\C/C=C\C/C=C\C/C=C\C/C=C\C/C=C\C/C=C\CCCC(=O)NC(COC1OC(CO)C(O)C(O)C1O)C(O)/C=C/CCCCCCCCCCCCCCCCCCCCCCCCCCCCC. The van der Waals surface area contributed by atoms with Crippen molar-refractivity contribution in [3.8, 4) is 0 Å². The molecule has 1 heterocycles. The molecule has 0 aromatic rings. The van der Waals surface area contributed by atoms with Gasteiger partial charge in [-0.1, -0.05) is 302 Å². The Bertz CT molecular complexity index is 1690. The van der Waals surface area contributed by atoms with Gasteiger partial charge in [0.2, 0.25) is 5.91 Å². The molecule has 0 aromatic heterocycles. The van der Waals surface area contributed by atoms with E-state index in [1.54, 1.807) is 6.08 Å². The Kier molecular flexibility index (Phi) is 55.8. The third kappa shape index (κ3) is 48.6. The lowest BCUT2D eigenvalue weighted by molar-refractivity contribution is -0.302. The molecule has 81 heavy (non-hydrogen) atoms. The van der Waals surface area contributed by atoms with Crippen LogP contribution in [0.4, 0.5) is 0 Å². The summed E-state index contributed by atoms with van der Waals surface area (Å²) < 4.78 is 11.3. The normalized spacial score (nSPS) is 19.2. The van der Waals surface area contributed by atoms with E-state index >= 15 is 0 Å². The van der Waals surface area contributed by atoms with Crippen molar-refractivity contribution in [3.05, 3.63) is 122 Å². The fourth-order valence-corrected chi connectivity index (χ4v) is 9.87. The third-order valence-corrected chi connectivity index (χ3v) is 15.0. The van der Waals surface area contributed by atoms with Gasteiger partial charge in [-0.2, -0.15) is 0 Å². The zero-order chi connectivity index (χ0) is 58.6. The Hall–Kier alpha value is -3.41. The zero-order valence-corrected chi connectivity index (χ0v) is 51.7. The minimum atomic E-state index is -1.59. The first kappa shape index (κ1) is 75.6. The van der Waals surface area contributed by atoms with E-state index in [0.29, 0.717) is 6.42 Å². The second-order valence-electron chi connectivity index (χ2n) is 22.5. The lowest BCUT2D eigenvalue weighted by Crippen LogP contribution is -2.60. The zero-order valence-electron chi connectivity index (χ0n) is 51.7. The van der Waals surface area contributed by atoms with Crippen LogP contribution in [0.5, 0.6) is 0 Å². The van der Waals surface area contributed by atoms with E-state index in [-0.39, 0.29) is 18.9 Å². The van der Waals surface area contributed by atoms with Crippen LogP contribution in [0.3, 0.4) is 0 Å². The molecule has 7 unspecified atom stereocenters. The lowest BCUT2D eigenvalue weighted by atomic mass is 9.99. The number of amides is 1. The molecule has 1 saturated heterocycles. The smallest absolute Gasteiger partial charge is 0.220 e. The average molecular weight is 1130 g/mol. The minimum absolute atomic E-state index is 0.219. The first-order valence-electron chi connectivity index (χ1n) is 33.3. The highest BCUT2D eigenvalue weighted by molar-refractivity contribution is 5.76. The van der Waals surface area contributed by atoms with E-state index in [1.165, 1.54) is 161 Å². The molecule has 1 amide bonds. The van der Waals surface area contributed by atoms with E-state index in [4.69, 9.17) is 9.47 Å². The Balaban J connectivity index is 2.24. The van der Waals surface area contributed by atoms with Crippen molar-refractivity contribution in [3.63, 3.8) is 0 Å². The van der Waals surface area contributed by atoms with Gasteiger partial charge in [-0.05, 0) is 83.5 Å². The molecule has 0 aromatic carbocycles. The van der Waals surface area contributed by atoms with Crippen molar-refractivity contribution in [2.24, 2.45) is 0 Å². The van der Waals surface area contributed by atoms with Gasteiger partial charge in [-0.25, -0.2) is 0 Å². The van der Waals surface area contributed by atoms with Crippen LogP contribution >= 0.6 is 0 Å². The highest BCUT2D eigenvalue weighted by atomic mass is 16.7. The van der Waals surface area contributed by atoms with Gasteiger partial charge in [0.1, 0.15) is 24.4 Å². The summed E-state index contributed by atoms with van der Waals surface area (Å²) in [5.41, 5.74) is 0. The van der Waals surface area contributed by atoms with Crippen LogP contribution < -0.4 is 5.32 Å². The number of aliphatic hydroxyl groups excluding tert-OH is 5. The van der Waals surface area contributed by atoms with Crippen LogP contribution in [0.2, 0.25) is 0 Å². The number of allylic oxidation sites excluding steroid dienone is 19. The van der Waals surface area contributed by atoms with Crippen molar-refractivity contribution >= 4 is 5.91 Å². The van der Waals surface area contributed by atoms with Gasteiger partial charge in [0.15, 0.2) is 6.29 Å². The first-order chi connectivity index (χ1) is 39.8. The minimum Gasteiger partial charge on any atom is -0.394 e. The van der Waals surface area contributed by atoms with E-state index in [0.717, 1.165) is 83.5 Å². The highest BCUT2D eigenvalue weighted by Crippen LogP contribution is 2.23. The van der Waals surface area contributed by atoms with E-state index in [2.05, 4.69) is 129 Å². The largest absolute Gasteiger partial charge is 0.394 e. The summed E-state index contributed by atoms with van der Waals surface area (Å²) in [6.45, 7) is 3.65. The fraction of sp³-hybridized carbons (Fsp3) is 0.708. The maximum absolute atomic E-state index is 13.1. The molecule has 0 bridgehead atoms. The summed E-state index contributed by atoms with van der Waals surface area (Å²) in [5.74, 6) is -0.237. The number of carbonyl (C=O) groups is 1. The molecule has 1 aliphatic heterocycles. The van der Waals surface area contributed by atoms with Crippen molar-refractivity contribution in [1.29, 1.82) is 0 Å². The number of aliphatic hydroxyl groups is 5. The van der Waals surface area contributed by atoms with Gasteiger partial charge in [0.05, 0.1) is 25.4 Å². The van der Waals surface area contributed by atoms with Crippen molar-refractivity contribution in [2.75, 3.05) is 13.2 Å². The summed E-state index contributed by atoms with van der Waals surface area (Å²) in [6, 6.07) is -0.847. The summed E-state index contributed by atoms with van der Waals surface area (Å²) >= 11 is 0. The Morgan fingerprint density at radius 3 is 1.12 bits per heavy atom. The molecule has 0 spiro atoms. The predicted molar refractivity (Wildman–Crippen MR) is 345 cm³/mol. The molecule has 9 nitrogen and oxygen atoms in total. The van der Waals surface area contributed by atoms with Crippen LogP contribution in [0.25, 0.3) is 0 Å². The molecule has 0 aliphatic carbocycles. The Labute approximate surface area is 497 Å². The van der Waals surface area contributed by atoms with Gasteiger partial charge < -0.3 is 40.3 Å². The molecule has 1 aliphatic rings.